The predicted octanol–water partition coefficient (Wildman–Crippen LogP) is 2.85. The molecular formula is C14H13N3S. The third kappa shape index (κ3) is 1.90. The van der Waals surface area contributed by atoms with Crippen molar-refractivity contribution in [3.8, 4) is 0 Å². The number of rotatable bonds is 3. The van der Waals surface area contributed by atoms with Crippen LogP contribution in [0.1, 0.15) is 16.5 Å². The van der Waals surface area contributed by atoms with Gasteiger partial charge in [-0.15, -0.1) is 11.3 Å². The first-order valence-corrected chi connectivity index (χ1v) is 6.61. The number of thiophene rings is 1. The van der Waals surface area contributed by atoms with Crippen molar-refractivity contribution in [3.05, 3.63) is 64.5 Å². The Kier molecular flexibility index (Phi) is 3.06. The molecule has 0 saturated carbocycles. The molecule has 1 unspecified atom stereocenters. The molecule has 3 rings (SSSR count). The molecule has 0 radical (unpaired) electrons. The van der Waals surface area contributed by atoms with Gasteiger partial charge in [0.15, 0.2) is 0 Å². The van der Waals surface area contributed by atoms with E-state index in [2.05, 4.69) is 34.0 Å². The summed E-state index contributed by atoms with van der Waals surface area (Å²) in [6.07, 6.45) is 1.81. The van der Waals surface area contributed by atoms with E-state index in [0.717, 1.165) is 16.5 Å². The highest BCUT2D eigenvalue weighted by molar-refractivity contribution is 7.10. The quantitative estimate of drug-likeness (QED) is 0.559. The van der Waals surface area contributed by atoms with Gasteiger partial charge in [-0.25, -0.2) is 5.43 Å². The monoisotopic (exact) mass is 255 g/mol. The van der Waals surface area contributed by atoms with Crippen molar-refractivity contribution in [1.82, 2.24) is 10.4 Å². The highest BCUT2D eigenvalue weighted by Crippen LogP contribution is 2.29. The number of hydrogen-bond acceptors (Lipinski definition) is 4. The van der Waals surface area contributed by atoms with Crippen molar-refractivity contribution in [1.29, 1.82) is 0 Å². The number of hydrogen-bond donors (Lipinski definition) is 2. The molecule has 3 N–H and O–H groups in total. The smallest absolute Gasteiger partial charge is 0.0809 e. The van der Waals surface area contributed by atoms with E-state index in [1.165, 1.54) is 4.88 Å². The molecule has 2 aromatic heterocycles. The number of nitrogens with two attached hydrogens (primary N) is 1. The molecule has 0 amide bonds. The molecule has 0 aliphatic carbocycles. The first kappa shape index (κ1) is 11.3. The summed E-state index contributed by atoms with van der Waals surface area (Å²) in [5.41, 5.74) is 5.05. The largest absolute Gasteiger partial charge is 0.271 e. The summed E-state index contributed by atoms with van der Waals surface area (Å²) in [5, 5.41) is 3.19. The summed E-state index contributed by atoms with van der Waals surface area (Å²) in [4.78, 5) is 5.58. The van der Waals surface area contributed by atoms with Gasteiger partial charge in [0.05, 0.1) is 11.6 Å². The Labute approximate surface area is 109 Å². The van der Waals surface area contributed by atoms with Crippen LogP contribution >= 0.6 is 11.3 Å². The summed E-state index contributed by atoms with van der Waals surface area (Å²) in [5.74, 6) is 5.72. The van der Waals surface area contributed by atoms with Gasteiger partial charge in [-0.05, 0) is 29.1 Å². The fourth-order valence-electron chi connectivity index (χ4n) is 2.16. The standard InChI is InChI=1S/C14H13N3S/c15-17-14(13-7-3-9-18-13)11-4-1-6-12-10(11)5-2-8-16-12/h1-9,14,17H,15H2. The summed E-state index contributed by atoms with van der Waals surface area (Å²) in [6.45, 7) is 0. The Morgan fingerprint density at radius 2 is 2.06 bits per heavy atom. The lowest BCUT2D eigenvalue weighted by Crippen LogP contribution is -2.28. The number of aromatic nitrogens is 1. The van der Waals surface area contributed by atoms with Crippen molar-refractivity contribution < 1.29 is 0 Å². The molecule has 0 fully saturated rings. The Hall–Kier alpha value is -1.75. The van der Waals surface area contributed by atoms with E-state index in [9.17, 15) is 0 Å². The van der Waals surface area contributed by atoms with Gasteiger partial charge in [0.1, 0.15) is 0 Å². The van der Waals surface area contributed by atoms with E-state index < -0.39 is 0 Å². The number of nitrogens with zero attached hydrogens (tertiary/aromatic N) is 1. The second-order valence-electron chi connectivity index (χ2n) is 4.03. The molecule has 0 bridgehead atoms. The van der Waals surface area contributed by atoms with E-state index in [1.807, 2.05) is 30.5 Å². The van der Waals surface area contributed by atoms with Crippen molar-refractivity contribution in [3.63, 3.8) is 0 Å². The molecule has 0 spiro atoms. The van der Waals surface area contributed by atoms with Crippen LogP contribution in [0, 0.1) is 0 Å². The van der Waals surface area contributed by atoms with Crippen LogP contribution in [0.15, 0.2) is 54.0 Å². The lowest BCUT2D eigenvalue weighted by atomic mass is 10.0. The van der Waals surface area contributed by atoms with Crippen LogP contribution in [0.5, 0.6) is 0 Å². The van der Waals surface area contributed by atoms with Gasteiger partial charge in [-0.1, -0.05) is 24.3 Å². The average Bonchev–Trinajstić information content (AvgIpc) is 2.94. The zero-order valence-corrected chi connectivity index (χ0v) is 10.5. The first-order valence-electron chi connectivity index (χ1n) is 5.73. The number of benzene rings is 1. The number of pyridine rings is 1. The van der Waals surface area contributed by atoms with Crippen LogP contribution in [0.4, 0.5) is 0 Å². The molecular weight excluding hydrogens is 242 g/mol. The second kappa shape index (κ2) is 4.86. The molecule has 0 aliphatic heterocycles. The Bertz CT molecular complexity index is 644. The number of hydrazine groups is 1. The highest BCUT2D eigenvalue weighted by atomic mass is 32.1. The summed E-state index contributed by atoms with van der Waals surface area (Å²) in [7, 11) is 0. The lowest BCUT2D eigenvalue weighted by Gasteiger charge is -2.16. The first-order chi connectivity index (χ1) is 8.90. The van der Waals surface area contributed by atoms with Crippen LogP contribution in [0.25, 0.3) is 10.9 Å². The zero-order chi connectivity index (χ0) is 12.4. The van der Waals surface area contributed by atoms with Crippen molar-refractivity contribution in [2.75, 3.05) is 0 Å². The normalized spacial score (nSPS) is 12.7. The Morgan fingerprint density at radius 1 is 1.11 bits per heavy atom. The van der Waals surface area contributed by atoms with Gasteiger partial charge >= 0.3 is 0 Å². The Morgan fingerprint density at radius 3 is 2.83 bits per heavy atom. The maximum atomic E-state index is 5.72. The van der Waals surface area contributed by atoms with E-state index in [-0.39, 0.29) is 6.04 Å². The zero-order valence-electron chi connectivity index (χ0n) is 9.71. The van der Waals surface area contributed by atoms with E-state index >= 15 is 0 Å². The molecule has 2 heterocycles. The summed E-state index contributed by atoms with van der Waals surface area (Å²) < 4.78 is 0. The number of nitrogens with one attached hydrogen (secondary N) is 1. The van der Waals surface area contributed by atoms with Crippen LogP contribution in [0.3, 0.4) is 0 Å². The molecule has 1 aromatic carbocycles. The fourth-order valence-corrected chi connectivity index (χ4v) is 2.96. The van der Waals surface area contributed by atoms with Crippen LogP contribution in [-0.2, 0) is 0 Å². The van der Waals surface area contributed by atoms with E-state index in [4.69, 9.17) is 5.84 Å². The van der Waals surface area contributed by atoms with Crippen LogP contribution in [0.2, 0.25) is 0 Å². The fraction of sp³-hybridized carbons (Fsp3) is 0.0714. The molecule has 1 atom stereocenters. The predicted molar refractivity (Wildman–Crippen MR) is 75.2 cm³/mol. The molecule has 0 aliphatic rings. The highest BCUT2D eigenvalue weighted by Gasteiger charge is 2.15. The Balaban J connectivity index is 2.18. The third-order valence-corrected chi connectivity index (χ3v) is 3.92. The van der Waals surface area contributed by atoms with Crippen LogP contribution in [-0.4, -0.2) is 4.98 Å². The van der Waals surface area contributed by atoms with Crippen molar-refractivity contribution >= 4 is 22.2 Å². The molecule has 4 heteroatoms. The second-order valence-corrected chi connectivity index (χ2v) is 5.01. The maximum absolute atomic E-state index is 5.72. The van der Waals surface area contributed by atoms with Gasteiger partial charge in [-0.2, -0.15) is 0 Å². The summed E-state index contributed by atoms with van der Waals surface area (Å²) in [6, 6.07) is 14.3. The molecule has 18 heavy (non-hydrogen) atoms. The summed E-state index contributed by atoms with van der Waals surface area (Å²) >= 11 is 1.70. The minimum atomic E-state index is 0.0119. The molecule has 90 valence electrons. The van der Waals surface area contributed by atoms with Gasteiger partial charge in [-0.3, -0.25) is 10.8 Å². The van der Waals surface area contributed by atoms with Gasteiger partial charge in [0.2, 0.25) is 0 Å². The van der Waals surface area contributed by atoms with Crippen molar-refractivity contribution in [2.45, 2.75) is 6.04 Å². The van der Waals surface area contributed by atoms with E-state index in [1.54, 1.807) is 11.3 Å². The maximum Gasteiger partial charge on any atom is 0.0809 e. The van der Waals surface area contributed by atoms with Gasteiger partial charge in [0.25, 0.3) is 0 Å². The SMILES string of the molecule is NNC(c1cccs1)c1cccc2ncccc12. The minimum Gasteiger partial charge on any atom is -0.271 e. The molecule has 3 aromatic rings. The minimum absolute atomic E-state index is 0.0119. The van der Waals surface area contributed by atoms with Crippen LogP contribution < -0.4 is 11.3 Å². The topological polar surface area (TPSA) is 50.9 Å². The average molecular weight is 255 g/mol. The van der Waals surface area contributed by atoms with Crippen molar-refractivity contribution in [2.24, 2.45) is 5.84 Å². The van der Waals surface area contributed by atoms with Gasteiger partial charge in [0, 0.05) is 16.5 Å². The number of fused-ring (bicyclic) bond motifs is 1. The van der Waals surface area contributed by atoms with E-state index in [0.29, 0.717) is 0 Å². The van der Waals surface area contributed by atoms with Gasteiger partial charge < -0.3 is 0 Å². The molecule has 3 nitrogen and oxygen atoms in total. The lowest BCUT2D eigenvalue weighted by molar-refractivity contribution is 0.650. The third-order valence-electron chi connectivity index (χ3n) is 2.98. The molecule has 0 saturated heterocycles.